The molecule has 3 heteroatoms. The van der Waals surface area contributed by atoms with Crippen LogP contribution in [0.2, 0.25) is 0 Å². The summed E-state index contributed by atoms with van der Waals surface area (Å²) in [5.74, 6) is 1.00. The van der Waals surface area contributed by atoms with Crippen LogP contribution in [-0.2, 0) is 0 Å². The van der Waals surface area contributed by atoms with Gasteiger partial charge in [-0.3, -0.25) is 4.90 Å². The summed E-state index contributed by atoms with van der Waals surface area (Å²) in [5.41, 5.74) is 10.3. The summed E-state index contributed by atoms with van der Waals surface area (Å²) in [6, 6.07) is 7.01. The smallest absolute Gasteiger partial charge is 0.0474 e. The summed E-state index contributed by atoms with van der Waals surface area (Å²) < 4.78 is 0. The Bertz CT molecular complexity index is 473. The Balaban J connectivity index is 1.65. The molecule has 1 aliphatic heterocycles. The first-order chi connectivity index (χ1) is 10.2. The van der Waals surface area contributed by atoms with E-state index in [9.17, 15) is 0 Å². The number of nitrogens with zero attached hydrogens (tertiary/aromatic N) is 2. The van der Waals surface area contributed by atoms with Crippen LogP contribution in [-0.4, -0.2) is 49.1 Å². The van der Waals surface area contributed by atoms with Crippen molar-refractivity contribution >= 4 is 0 Å². The Morgan fingerprint density at radius 3 is 2.48 bits per heavy atom. The van der Waals surface area contributed by atoms with Crippen molar-refractivity contribution in [2.24, 2.45) is 11.7 Å². The van der Waals surface area contributed by atoms with E-state index < -0.39 is 0 Å². The molecular weight excluding hydrogens is 258 g/mol. The fourth-order valence-corrected chi connectivity index (χ4v) is 3.53. The molecule has 2 aliphatic rings. The number of aryl methyl sites for hydroxylation is 1. The quantitative estimate of drug-likeness (QED) is 0.902. The Labute approximate surface area is 129 Å². The van der Waals surface area contributed by atoms with Gasteiger partial charge in [0.2, 0.25) is 0 Å². The average molecular weight is 287 g/mol. The van der Waals surface area contributed by atoms with Crippen molar-refractivity contribution in [1.29, 1.82) is 0 Å². The van der Waals surface area contributed by atoms with E-state index in [0.717, 1.165) is 19.0 Å². The van der Waals surface area contributed by atoms with Crippen molar-refractivity contribution in [3.05, 3.63) is 34.9 Å². The van der Waals surface area contributed by atoms with Gasteiger partial charge in [0.25, 0.3) is 0 Å². The molecule has 0 bridgehead atoms. The Hall–Kier alpha value is -0.900. The van der Waals surface area contributed by atoms with E-state index >= 15 is 0 Å². The van der Waals surface area contributed by atoms with Gasteiger partial charge in [0, 0.05) is 45.3 Å². The van der Waals surface area contributed by atoms with Gasteiger partial charge >= 0.3 is 0 Å². The molecular formula is C18H29N3. The van der Waals surface area contributed by atoms with Crippen LogP contribution >= 0.6 is 0 Å². The molecule has 1 atom stereocenters. The van der Waals surface area contributed by atoms with Crippen LogP contribution in [0.3, 0.4) is 0 Å². The molecule has 2 fully saturated rings. The van der Waals surface area contributed by atoms with Crippen molar-refractivity contribution in [2.45, 2.75) is 32.7 Å². The fraction of sp³-hybridized carbons (Fsp3) is 0.667. The maximum Gasteiger partial charge on any atom is 0.0474 e. The molecule has 1 aromatic carbocycles. The van der Waals surface area contributed by atoms with E-state index in [1.54, 1.807) is 0 Å². The van der Waals surface area contributed by atoms with Gasteiger partial charge in [-0.1, -0.05) is 18.2 Å². The molecule has 1 saturated heterocycles. The van der Waals surface area contributed by atoms with Crippen LogP contribution in [0.4, 0.5) is 0 Å². The predicted molar refractivity (Wildman–Crippen MR) is 88.4 cm³/mol. The number of nitrogens with two attached hydrogens (primary N) is 1. The number of hydrogen-bond donors (Lipinski definition) is 1. The van der Waals surface area contributed by atoms with E-state index in [1.165, 1.54) is 49.2 Å². The molecule has 1 aliphatic carbocycles. The molecule has 0 radical (unpaired) electrons. The summed E-state index contributed by atoms with van der Waals surface area (Å²) in [7, 11) is 0. The van der Waals surface area contributed by atoms with Gasteiger partial charge in [-0.25, -0.2) is 0 Å². The zero-order chi connectivity index (χ0) is 14.8. The summed E-state index contributed by atoms with van der Waals surface area (Å²) >= 11 is 0. The molecule has 0 spiro atoms. The van der Waals surface area contributed by atoms with Gasteiger partial charge in [-0.15, -0.1) is 0 Å². The predicted octanol–water partition coefficient (Wildman–Crippen LogP) is 2.33. The highest BCUT2D eigenvalue weighted by molar-refractivity contribution is 5.35. The van der Waals surface area contributed by atoms with Crippen LogP contribution in [0.15, 0.2) is 18.2 Å². The van der Waals surface area contributed by atoms with Gasteiger partial charge < -0.3 is 10.6 Å². The van der Waals surface area contributed by atoms with Crippen molar-refractivity contribution < 1.29 is 0 Å². The van der Waals surface area contributed by atoms with E-state index in [2.05, 4.69) is 41.8 Å². The van der Waals surface area contributed by atoms with Crippen LogP contribution in [0.25, 0.3) is 0 Å². The molecule has 3 nitrogen and oxygen atoms in total. The zero-order valence-electron chi connectivity index (χ0n) is 13.5. The molecule has 0 amide bonds. The Kier molecular flexibility index (Phi) is 4.63. The SMILES string of the molecule is Cc1cccc(C(CN)N2CCN(CC3CC3)CC2)c1C. The Morgan fingerprint density at radius 2 is 1.86 bits per heavy atom. The average Bonchev–Trinajstić information content (AvgIpc) is 3.30. The van der Waals surface area contributed by atoms with Crippen molar-refractivity contribution in [2.75, 3.05) is 39.3 Å². The third-order valence-corrected chi connectivity index (χ3v) is 5.29. The van der Waals surface area contributed by atoms with E-state index in [0.29, 0.717) is 12.6 Å². The molecule has 2 N–H and O–H groups in total. The van der Waals surface area contributed by atoms with Crippen molar-refractivity contribution in [3.63, 3.8) is 0 Å². The second kappa shape index (κ2) is 6.47. The standard InChI is InChI=1S/C18H29N3/c1-14-4-3-5-17(15(14)2)18(12-19)21-10-8-20(9-11-21)13-16-6-7-16/h3-5,16,18H,6-13,19H2,1-2H3. The topological polar surface area (TPSA) is 32.5 Å². The summed E-state index contributed by atoms with van der Waals surface area (Å²) in [6.45, 7) is 11.2. The van der Waals surface area contributed by atoms with Gasteiger partial charge in [0.05, 0.1) is 0 Å². The first-order valence-corrected chi connectivity index (χ1v) is 8.41. The van der Waals surface area contributed by atoms with Crippen LogP contribution < -0.4 is 5.73 Å². The highest BCUT2D eigenvalue weighted by atomic mass is 15.3. The van der Waals surface area contributed by atoms with Gasteiger partial charge in [0.1, 0.15) is 0 Å². The van der Waals surface area contributed by atoms with Crippen molar-refractivity contribution in [3.8, 4) is 0 Å². The minimum atomic E-state index is 0.382. The molecule has 1 saturated carbocycles. The lowest BCUT2D eigenvalue weighted by atomic mass is 9.96. The minimum Gasteiger partial charge on any atom is -0.329 e. The first kappa shape index (κ1) is 15.0. The monoisotopic (exact) mass is 287 g/mol. The summed E-state index contributed by atoms with van der Waals surface area (Å²) in [6.07, 6.45) is 2.91. The molecule has 116 valence electrons. The molecule has 1 heterocycles. The Morgan fingerprint density at radius 1 is 1.14 bits per heavy atom. The van der Waals surface area contributed by atoms with Crippen LogP contribution in [0.1, 0.15) is 35.6 Å². The maximum atomic E-state index is 6.12. The van der Waals surface area contributed by atoms with E-state index in [4.69, 9.17) is 5.73 Å². The van der Waals surface area contributed by atoms with E-state index in [-0.39, 0.29) is 0 Å². The number of rotatable bonds is 5. The molecule has 0 aromatic heterocycles. The molecule has 1 unspecified atom stereocenters. The summed E-state index contributed by atoms with van der Waals surface area (Å²) in [5, 5.41) is 0. The third-order valence-electron chi connectivity index (χ3n) is 5.29. The van der Waals surface area contributed by atoms with Gasteiger partial charge in [-0.05, 0) is 49.3 Å². The van der Waals surface area contributed by atoms with Crippen LogP contribution in [0, 0.1) is 19.8 Å². The largest absolute Gasteiger partial charge is 0.329 e. The lowest BCUT2D eigenvalue weighted by Crippen LogP contribution is -2.49. The second-order valence-corrected chi connectivity index (χ2v) is 6.82. The summed E-state index contributed by atoms with van der Waals surface area (Å²) in [4.78, 5) is 5.23. The number of piperazine rings is 1. The zero-order valence-corrected chi connectivity index (χ0v) is 13.5. The molecule has 21 heavy (non-hydrogen) atoms. The van der Waals surface area contributed by atoms with Gasteiger partial charge in [-0.2, -0.15) is 0 Å². The van der Waals surface area contributed by atoms with Crippen molar-refractivity contribution in [1.82, 2.24) is 9.80 Å². The minimum absolute atomic E-state index is 0.382. The first-order valence-electron chi connectivity index (χ1n) is 8.41. The van der Waals surface area contributed by atoms with Crippen LogP contribution in [0.5, 0.6) is 0 Å². The highest BCUT2D eigenvalue weighted by Crippen LogP contribution is 2.31. The van der Waals surface area contributed by atoms with Gasteiger partial charge in [0.15, 0.2) is 0 Å². The molecule has 3 rings (SSSR count). The van der Waals surface area contributed by atoms with E-state index in [1.807, 2.05) is 0 Å². The highest BCUT2D eigenvalue weighted by Gasteiger charge is 2.29. The second-order valence-electron chi connectivity index (χ2n) is 6.82. The lowest BCUT2D eigenvalue weighted by molar-refractivity contribution is 0.0953. The fourth-order valence-electron chi connectivity index (χ4n) is 3.53. The molecule has 1 aromatic rings. The lowest BCUT2D eigenvalue weighted by Gasteiger charge is -2.39. The number of hydrogen-bond acceptors (Lipinski definition) is 3. The third kappa shape index (κ3) is 3.47. The maximum absolute atomic E-state index is 6.12. The normalized spacial score (nSPS) is 22.4. The number of benzene rings is 1.